The van der Waals surface area contributed by atoms with E-state index in [9.17, 15) is 0 Å². The van der Waals surface area contributed by atoms with E-state index in [1.54, 1.807) is 0 Å². The van der Waals surface area contributed by atoms with Gasteiger partial charge in [-0.1, -0.05) is 0 Å². The lowest BCUT2D eigenvalue weighted by Crippen LogP contribution is -2.17. The van der Waals surface area contributed by atoms with E-state index in [1.165, 1.54) is 17.0 Å². The summed E-state index contributed by atoms with van der Waals surface area (Å²) >= 11 is 0. The van der Waals surface area contributed by atoms with Gasteiger partial charge in [-0.25, -0.2) is 0 Å². The molecular formula is C9H16N4. The molecule has 0 atom stereocenters. The Morgan fingerprint density at radius 2 is 2.23 bits per heavy atom. The van der Waals surface area contributed by atoms with Crippen molar-refractivity contribution in [3.05, 3.63) is 17.0 Å². The number of nitrogens with two attached hydrogens (primary N) is 1. The number of hydrogen-bond donors (Lipinski definition) is 2. The van der Waals surface area contributed by atoms with Gasteiger partial charge in [0.15, 0.2) is 0 Å². The Hall–Kier alpha value is -0.870. The second-order valence-electron chi connectivity index (χ2n) is 3.45. The Balaban J connectivity index is 2.41. The number of rotatable bonds is 1. The van der Waals surface area contributed by atoms with E-state index >= 15 is 0 Å². The summed E-state index contributed by atoms with van der Waals surface area (Å²) in [6, 6.07) is 0. The molecule has 1 aromatic rings. The van der Waals surface area contributed by atoms with Gasteiger partial charge in [-0.05, 0) is 18.5 Å². The van der Waals surface area contributed by atoms with Gasteiger partial charge in [0.1, 0.15) is 0 Å². The van der Waals surface area contributed by atoms with Crippen LogP contribution in [0.2, 0.25) is 0 Å². The predicted molar refractivity (Wildman–Crippen MR) is 51.4 cm³/mol. The summed E-state index contributed by atoms with van der Waals surface area (Å²) in [6.07, 6.45) is 2.10. The Morgan fingerprint density at radius 1 is 1.46 bits per heavy atom. The van der Waals surface area contributed by atoms with Gasteiger partial charge < -0.3 is 11.1 Å². The topological polar surface area (TPSA) is 55.9 Å². The molecule has 0 radical (unpaired) electrons. The van der Waals surface area contributed by atoms with Gasteiger partial charge >= 0.3 is 0 Å². The molecule has 4 nitrogen and oxygen atoms in total. The summed E-state index contributed by atoms with van der Waals surface area (Å²) in [5, 5.41) is 7.84. The summed E-state index contributed by atoms with van der Waals surface area (Å²) in [5.41, 5.74) is 9.48. The first-order valence-electron chi connectivity index (χ1n) is 4.77. The second-order valence-corrected chi connectivity index (χ2v) is 3.45. The maximum absolute atomic E-state index is 5.69. The van der Waals surface area contributed by atoms with E-state index in [1.807, 2.05) is 11.7 Å². The zero-order valence-electron chi connectivity index (χ0n) is 8.01. The molecule has 0 amide bonds. The highest BCUT2D eigenvalue weighted by molar-refractivity contribution is 5.28. The Morgan fingerprint density at radius 3 is 3.00 bits per heavy atom. The fourth-order valence-electron chi connectivity index (χ4n) is 1.95. The molecule has 0 spiro atoms. The molecule has 1 aliphatic heterocycles. The molecule has 0 saturated carbocycles. The van der Waals surface area contributed by atoms with E-state index in [-0.39, 0.29) is 0 Å². The fourth-order valence-corrected chi connectivity index (χ4v) is 1.95. The normalized spacial score (nSPS) is 16.8. The van der Waals surface area contributed by atoms with E-state index in [0.29, 0.717) is 6.54 Å². The Bertz CT molecular complexity index is 303. The number of aryl methyl sites for hydroxylation is 1. The standard InChI is InChI=1S/C9H16N4/c1-13-9(6-10)7-2-4-11-5-3-8(7)12-13/h11H,2-6,10H2,1H3. The summed E-state index contributed by atoms with van der Waals surface area (Å²) in [7, 11) is 1.98. The molecule has 2 rings (SSSR count). The van der Waals surface area contributed by atoms with E-state index in [2.05, 4.69) is 10.4 Å². The predicted octanol–water partition coefficient (Wildman–Crippen LogP) is -0.433. The Labute approximate surface area is 78.1 Å². The zero-order valence-corrected chi connectivity index (χ0v) is 8.01. The van der Waals surface area contributed by atoms with Crippen LogP contribution >= 0.6 is 0 Å². The molecule has 13 heavy (non-hydrogen) atoms. The molecule has 1 aliphatic rings. The van der Waals surface area contributed by atoms with Crippen molar-refractivity contribution >= 4 is 0 Å². The molecule has 0 saturated heterocycles. The molecule has 0 bridgehead atoms. The van der Waals surface area contributed by atoms with Crippen LogP contribution in [-0.2, 0) is 26.4 Å². The zero-order chi connectivity index (χ0) is 9.26. The molecule has 0 aliphatic carbocycles. The Kier molecular flexibility index (Phi) is 2.33. The lowest BCUT2D eigenvalue weighted by atomic mass is 10.1. The van der Waals surface area contributed by atoms with Crippen LogP contribution in [0.5, 0.6) is 0 Å². The molecule has 0 fully saturated rings. The van der Waals surface area contributed by atoms with Gasteiger partial charge in [-0.2, -0.15) is 5.10 Å². The van der Waals surface area contributed by atoms with Crippen molar-refractivity contribution in [1.29, 1.82) is 0 Å². The van der Waals surface area contributed by atoms with Crippen LogP contribution in [-0.4, -0.2) is 22.9 Å². The molecule has 0 aromatic carbocycles. The van der Waals surface area contributed by atoms with Crippen molar-refractivity contribution in [3.63, 3.8) is 0 Å². The highest BCUT2D eigenvalue weighted by atomic mass is 15.3. The minimum absolute atomic E-state index is 0.596. The van der Waals surface area contributed by atoms with Crippen molar-refractivity contribution in [2.45, 2.75) is 19.4 Å². The van der Waals surface area contributed by atoms with Gasteiger partial charge in [-0.3, -0.25) is 4.68 Å². The van der Waals surface area contributed by atoms with Crippen LogP contribution < -0.4 is 11.1 Å². The summed E-state index contributed by atoms with van der Waals surface area (Å²) in [6.45, 7) is 2.68. The minimum Gasteiger partial charge on any atom is -0.325 e. The molecule has 3 N–H and O–H groups in total. The first-order valence-corrected chi connectivity index (χ1v) is 4.77. The molecular weight excluding hydrogens is 164 g/mol. The van der Waals surface area contributed by atoms with Gasteiger partial charge in [0.25, 0.3) is 0 Å². The second kappa shape index (κ2) is 3.47. The summed E-state index contributed by atoms with van der Waals surface area (Å²) < 4.78 is 1.93. The highest BCUT2D eigenvalue weighted by Crippen LogP contribution is 2.15. The molecule has 1 aromatic heterocycles. The van der Waals surface area contributed by atoms with Gasteiger partial charge in [0.2, 0.25) is 0 Å². The molecule has 4 heteroatoms. The van der Waals surface area contributed by atoms with Crippen LogP contribution in [0.1, 0.15) is 17.0 Å². The lowest BCUT2D eigenvalue weighted by Gasteiger charge is -2.01. The van der Waals surface area contributed by atoms with Crippen LogP contribution in [0.25, 0.3) is 0 Å². The maximum atomic E-state index is 5.69. The lowest BCUT2D eigenvalue weighted by molar-refractivity contribution is 0.659. The highest BCUT2D eigenvalue weighted by Gasteiger charge is 2.16. The van der Waals surface area contributed by atoms with Crippen molar-refractivity contribution in [1.82, 2.24) is 15.1 Å². The third-order valence-corrected chi connectivity index (χ3v) is 2.64. The first-order chi connectivity index (χ1) is 6.33. The third-order valence-electron chi connectivity index (χ3n) is 2.64. The van der Waals surface area contributed by atoms with Gasteiger partial charge in [0, 0.05) is 26.6 Å². The monoisotopic (exact) mass is 180 g/mol. The van der Waals surface area contributed by atoms with Gasteiger partial charge in [-0.15, -0.1) is 0 Å². The number of nitrogens with zero attached hydrogens (tertiary/aromatic N) is 2. The van der Waals surface area contributed by atoms with Crippen LogP contribution in [0.4, 0.5) is 0 Å². The van der Waals surface area contributed by atoms with E-state index in [4.69, 9.17) is 5.73 Å². The smallest absolute Gasteiger partial charge is 0.0673 e. The number of fused-ring (bicyclic) bond motifs is 1. The van der Waals surface area contributed by atoms with Crippen molar-refractivity contribution < 1.29 is 0 Å². The molecule has 2 heterocycles. The summed E-state index contributed by atoms with van der Waals surface area (Å²) in [4.78, 5) is 0. The number of nitrogens with one attached hydrogen (secondary N) is 1. The molecule has 0 unspecified atom stereocenters. The SMILES string of the molecule is Cn1nc2c(c1CN)CCNCC2. The van der Waals surface area contributed by atoms with Crippen molar-refractivity contribution in [3.8, 4) is 0 Å². The number of hydrogen-bond acceptors (Lipinski definition) is 3. The van der Waals surface area contributed by atoms with E-state index in [0.717, 1.165) is 25.9 Å². The summed E-state index contributed by atoms with van der Waals surface area (Å²) in [5.74, 6) is 0. The van der Waals surface area contributed by atoms with Crippen molar-refractivity contribution in [2.75, 3.05) is 13.1 Å². The van der Waals surface area contributed by atoms with E-state index < -0.39 is 0 Å². The molecule has 72 valence electrons. The minimum atomic E-state index is 0.596. The third kappa shape index (κ3) is 1.47. The largest absolute Gasteiger partial charge is 0.325 e. The van der Waals surface area contributed by atoms with Crippen LogP contribution in [0.3, 0.4) is 0 Å². The van der Waals surface area contributed by atoms with Crippen molar-refractivity contribution in [2.24, 2.45) is 12.8 Å². The van der Waals surface area contributed by atoms with Crippen LogP contribution in [0.15, 0.2) is 0 Å². The average Bonchev–Trinajstić information content (AvgIpc) is 2.32. The van der Waals surface area contributed by atoms with Crippen LogP contribution in [0, 0.1) is 0 Å². The maximum Gasteiger partial charge on any atom is 0.0673 e. The fraction of sp³-hybridized carbons (Fsp3) is 0.667. The number of aromatic nitrogens is 2. The first kappa shape index (κ1) is 8.72. The van der Waals surface area contributed by atoms with Gasteiger partial charge in [0.05, 0.1) is 11.4 Å². The average molecular weight is 180 g/mol. The quantitative estimate of drug-likeness (QED) is 0.616.